The van der Waals surface area contributed by atoms with Crippen LogP contribution in [-0.4, -0.2) is 34.0 Å². The molecule has 4 heterocycles. The van der Waals surface area contributed by atoms with E-state index in [9.17, 15) is 9.18 Å². The highest BCUT2D eigenvalue weighted by atomic mass is 32.1. The molecule has 1 amide bonds. The van der Waals surface area contributed by atoms with Gasteiger partial charge in [0, 0.05) is 36.1 Å². The van der Waals surface area contributed by atoms with Crippen LogP contribution in [-0.2, 0) is 0 Å². The van der Waals surface area contributed by atoms with Crippen molar-refractivity contribution in [3.05, 3.63) is 35.5 Å². The van der Waals surface area contributed by atoms with Crippen LogP contribution in [0.1, 0.15) is 29.1 Å². The minimum atomic E-state index is -0.546. The molecule has 3 atom stereocenters. The second-order valence-corrected chi connectivity index (χ2v) is 6.77. The molecule has 0 aromatic carbocycles. The number of thiazole rings is 1. The smallest absolute Gasteiger partial charge is 0.280 e. The molecule has 22 heavy (non-hydrogen) atoms. The molecule has 7 heteroatoms. The average molecular weight is 318 g/mol. The summed E-state index contributed by atoms with van der Waals surface area (Å²) in [6.07, 6.45) is 6.21. The third-order valence-electron chi connectivity index (χ3n) is 4.34. The maximum atomic E-state index is 13.7. The Hall–Kier alpha value is -1.86. The zero-order valence-corrected chi connectivity index (χ0v) is 12.6. The van der Waals surface area contributed by atoms with Crippen molar-refractivity contribution in [2.45, 2.75) is 37.4 Å². The Morgan fingerprint density at radius 3 is 3.05 bits per heavy atom. The van der Waals surface area contributed by atoms with Crippen molar-refractivity contribution in [3.8, 4) is 10.4 Å². The Morgan fingerprint density at radius 2 is 2.32 bits per heavy atom. The van der Waals surface area contributed by atoms with E-state index >= 15 is 0 Å². The molecule has 0 spiro atoms. The first kappa shape index (κ1) is 13.8. The molecule has 2 N–H and O–H groups in total. The van der Waals surface area contributed by atoms with Gasteiger partial charge in [0.25, 0.3) is 5.91 Å². The number of nitrogens with zero attached hydrogens (tertiary/aromatic N) is 2. The van der Waals surface area contributed by atoms with E-state index in [1.165, 1.54) is 30.2 Å². The maximum Gasteiger partial charge on any atom is 0.280 e. The van der Waals surface area contributed by atoms with Crippen molar-refractivity contribution < 1.29 is 9.18 Å². The molecule has 2 bridgehead atoms. The monoisotopic (exact) mass is 318 g/mol. The van der Waals surface area contributed by atoms with Crippen LogP contribution >= 0.6 is 11.3 Å². The normalized spacial score (nSPS) is 26.3. The standard InChI is InChI=1S/C15H15FN4OS/c16-13-9(2-1-5-17-13)12-7-18-15(22-12)14(21)20-11-6-8-3-4-10(11)19-8/h1-2,5,7-8,10-11,19H,3-4,6H2,(H,20,21). The van der Waals surface area contributed by atoms with Gasteiger partial charge in [-0.2, -0.15) is 4.39 Å². The molecule has 4 rings (SSSR count). The van der Waals surface area contributed by atoms with Crippen molar-refractivity contribution in [2.75, 3.05) is 0 Å². The van der Waals surface area contributed by atoms with Gasteiger partial charge in [-0.3, -0.25) is 4.79 Å². The summed E-state index contributed by atoms with van der Waals surface area (Å²) in [6.45, 7) is 0. The molecule has 0 aliphatic carbocycles. The number of fused-ring (bicyclic) bond motifs is 2. The van der Waals surface area contributed by atoms with Crippen molar-refractivity contribution in [1.29, 1.82) is 0 Å². The van der Waals surface area contributed by atoms with Gasteiger partial charge in [-0.05, 0) is 31.4 Å². The minimum Gasteiger partial charge on any atom is -0.346 e. The SMILES string of the molecule is O=C(NC1CC2CCC1N2)c1ncc(-c2cccnc2F)s1. The van der Waals surface area contributed by atoms with Gasteiger partial charge in [-0.1, -0.05) is 0 Å². The van der Waals surface area contributed by atoms with E-state index in [1.54, 1.807) is 12.1 Å². The predicted octanol–water partition coefficient (Wildman–Crippen LogP) is 1.97. The number of rotatable bonds is 3. The molecule has 2 aliphatic heterocycles. The molecule has 3 unspecified atom stereocenters. The van der Waals surface area contributed by atoms with Crippen LogP contribution in [0.5, 0.6) is 0 Å². The summed E-state index contributed by atoms with van der Waals surface area (Å²) in [5, 5.41) is 6.89. The van der Waals surface area contributed by atoms with Gasteiger partial charge in [-0.15, -0.1) is 11.3 Å². The highest BCUT2D eigenvalue weighted by Crippen LogP contribution is 2.30. The molecular formula is C15H15FN4OS. The van der Waals surface area contributed by atoms with E-state index in [2.05, 4.69) is 20.6 Å². The number of carbonyl (C=O) groups excluding carboxylic acids is 1. The van der Waals surface area contributed by atoms with E-state index in [0.29, 0.717) is 27.5 Å². The Morgan fingerprint density at radius 1 is 1.41 bits per heavy atom. The number of aromatic nitrogens is 2. The second-order valence-electron chi connectivity index (χ2n) is 5.73. The van der Waals surface area contributed by atoms with Crippen LogP contribution in [0.2, 0.25) is 0 Å². The first-order valence-corrected chi connectivity index (χ1v) is 8.16. The molecule has 2 fully saturated rings. The summed E-state index contributed by atoms with van der Waals surface area (Å²) >= 11 is 1.19. The van der Waals surface area contributed by atoms with Gasteiger partial charge in [-0.25, -0.2) is 9.97 Å². The molecule has 2 aromatic rings. The molecule has 2 aromatic heterocycles. The van der Waals surface area contributed by atoms with E-state index in [4.69, 9.17) is 0 Å². The molecule has 2 saturated heterocycles. The van der Waals surface area contributed by atoms with Crippen molar-refractivity contribution >= 4 is 17.2 Å². The number of hydrogen-bond acceptors (Lipinski definition) is 5. The largest absolute Gasteiger partial charge is 0.346 e. The van der Waals surface area contributed by atoms with Crippen LogP contribution in [0, 0.1) is 5.95 Å². The summed E-state index contributed by atoms with van der Waals surface area (Å²) in [5.41, 5.74) is 0.376. The fraction of sp³-hybridized carbons (Fsp3) is 0.400. The Balaban J connectivity index is 1.49. The van der Waals surface area contributed by atoms with Crippen LogP contribution in [0.3, 0.4) is 0 Å². The van der Waals surface area contributed by atoms with Crippen LogP contribution in [0.25, 0.3) is 10.4 Å². The Labute approximate surface area is 131 Å². The Kier molecular flexibility index (Phi) is 3.38. The van der Waals surface area contributed by atoms with E-state index in [0.717, 1.165) is 12.8 Å². The number of halogens is 1. The molecule has 5 nitrogen and oxygen atoms in total. The lowest BCUT2D eigenvalue weighted by Gasteiger charge is -2.20. The summed E-state index contributed by atoms with van der Waals surface area (Å²) in [4.78, 5) is 20.7. The van der Waals surface area contributed by atoms with Crippen molar-refractivity contribution in [1.82, 2.24) is 20.6 Å². The first-order valence-electron chi connectivity index (χ1n) is 7.34. The van der Waals surface area contributed by atoms with Crippen LogP contribution < -0.4 is 10.6 Å². The number of nitrogens with one attached hydrogen (secondary N) is 2. The highest BCUT2D eigenvalue weighted by Gasteiger charge is 2.39. The predicted molar refractivity (Wildman–Crippen MR) is 81.1 cm³/mol. The van der Waals surface area contributed by atoms with E-state index in [1.807, 2.05) is 0 Å². The fourth-order valence-corrected chi connectivity index (χ4v) is 4.12. The average Bonchev–Trinajstić information content (AvgIpc) is 3.24. The summed E-state index contributed by atoms with van der Waals surface area (Å²) < 4.78 is 13.7. The highest BCUT2D eigenvalue weighted by molar-refractivity contribution is 7.16. The van der Waals surface area contributed by atoms with Gasteiger partial charge in [0.2, 0.25) is 5.95 Å². The lowest BCUT2D eigenvalue weighted by atomic mass is 9.95. The van der Waals surface area contributed by atoms with Gasteiger partial charge in [0.05, 0.1) is 4.88 Å². The summed E-state index contributed by atoms with van der Waals surface area (Å²) in [6, 6.07) is 4.39. The topological polar surface area (TPSA) is 66.9 Å². The quantitative estimate of drug-likeness (QED) is 0.849. The van der Waals surface area contributed by atoms with Crippen molar-refractivity contribution in [3.63, 3.8) is 0 Å². The van der Waals surface area contributed by atoms with Gasteiger partial charge < -0.3 is 10.6 Å². The van der Waals surface area contributed by atoms with E-state index < -0.39 is 5.95 Å². The molecular weight excluding hydrogens is 303 g/mol. The van der Waals surface area contributed by atoms with Gasteiger partial charge in [0.1, 0.15) is 0 Å². The van der Waals surface area contributed by atoms with E-state index in [-0.39, 0.29) is 11.9 Å². The van der Waals surface area contributed by atoms with Gasteiger partial charge >= 0.3 is 0 Å². The summed E-state index contributed by atoms with van der Waals surface area (Å²) in [5.74, 6) is -0.727. The Bertz CT molecular complexity index is 719. The maximum absolute atomic E-state index is 13.7. The zero-order valence-electron chi connectivity index (χ0n) is 11.8. The number of carbonyl (C=O) groups is 1. The number of pyridine rings is 1. The van der Waals surface area contributed by atoms with Crippen LogP contribution in [0.15, 0.2) is 24.5 Å². The van der Waals surface area contributed by atoms with Crippen molar-refractivity contribution in [2.24, 2.45) is 0 Å². The minimum absolute atomic E-state index is 0.175. The molecule has 114 valence electrons. The molecule has 0 saturated carbocycles. The summed E-state index contributed by atoms with van der Waals surface area (Å²) in [7, 11) is 0. The molecule has 0 radical (unpaired) electrons. The third kappa shape index (κ3) is 2.40. The fourth-order valence-electron chi connectivity index (χ4n) is 3.29. The van der Waals surface area contributed by atoms with Crippen LogP contribution in [0.4, 0.5) is 4.39 Å². The number of amides is 1. The lowest BCUT2D eigenvalue weighted by molar-refractivity contribution is 0.0930. The van der Waals surface area contributed by atoms with Gasteiger partial charge in [0.15, 0.2) is 5.01 Å². The third-order valence-corrected chi connectivity index (χ3v) is 5.37. The number of hydrogen-bond donors (Lipinski definition) is 2. The molecule has 2 aliphatic rings. The lowest BCUT2D eigenvalue weighted by Crippen LogP contribution is -2.42. The second kappa shape index (κ2) is 5.40. The first-order chi connectivity index (χ1) is 10.7. The zero-order chi connectivity index (χ0) is 15.1.